The number of rotatable bonds is 4. The van der Waals surface area contributed by atoms with Crippen LogP contribution >= 0.6 is 0 Å². The fourth-order valence-corrected chi connectivity index (χ4v) is 2.15. The smallest absolute Gasteiger partial charge is 0.312 e. The standard InChI is InChI=1S/C17H13NO3/c19-15(20)11-14-18-16(12-7-3-1-4-8-12)17(21-14)13-9-5-2-6-10-13/h1-10H,11H2,(H,19,20). The summed E-state index contributed by atoms with van der Waals surface area (Å²) in [6, 6.07) is 19.2. The van der Waals surface area contributed by atoms with Gasteiger partial charge in [-0.15, -0.1) is 0 Å². The van der Waals surface area contributed by atoms with Crippen molar-refractivity contribution in [2.45, 2.75) is 6.42 Å². The zero-order chi connectivity index (χ0) is 14.7. The summed E-state index contributed by atoms with van der Waals surface area (Å²) in [5, 5.41) is 8.91. The Morgan fingerprint density at radius 1 is 0.952 bits per heavy atom. The number of aromatic nitrogens is 1. The van der Waals surface area contributed by atoms with Gasteiger partial charge in [-0.1, -0.05) is 60.7 Å². The van der Waals surface area contributed by atoms with E-state index in [1.807, 2.05) is 60.7 Å². The van der Waals surface area contributed by atoms with Gasteiger partial charge in [0.2, 0.25) is 5.89 Å². The Hall–Kier alpha value is -2.88. The third-order valence-corrected chi connectivity index (χ3v) is 3.06. The second-order valence-electron chi connectivity index (χ2n) is 4.59. The maximum atomic E-state index is 10.9. The molecule has 1 heterocycles. The molecule has 0 atom stereocenters. The highest BCUT2D eigenvalue weighted by molar-refractivity contribution is 5.77. The van der Waals surface area contributed by atoms with Crippen molar-refractivity contribution >= 4 is 5.97 Å². The average molecular weight is 279 g/mol. The minimum absolute atomic E-state index is 0.209. The SMILES string of the molecule is O=C(O)Cc1nc(-c2ccccc2)c(-c2ccccc2)o1. The first kappa shape index (κ1) is 13.1. The van der Waals surface area contributed by atoms with Crippen molar-refractivity contribution in [3.63, 3.8) is 0 Å². The fourth-order valence-electron chi connectivity index (χ4n) is 2.15. The van der Waals surface area contributed by atoms with Gasteiger partial charge in [0.05, 0.1) is 0 Å². The van der Waals surface area contributed by atoms with Crippen molar-refractivity contribution in [3.05, 3.63) is 66.6 Å². The van der Waals surface area contributed by atoms with Crippen LogP contribution in [-0.4, -0.2) is 16.1 Å². The summed E-state index contributed by atoms with van der Waals surface area (Å²) in [5.74, 6) is -0.159. The van der Waals surface area contributed by atoms with E-state index in [9.17, 15) is 4.79 Å². The van der Waals surface area contributed by atoms with E-state index in [2.05, 4.69) is 4.98 Å². The summed E-state index contributed by atoms with van der Waals surface area (Å²) >= 11 is 0. The van der Waals surface area contributed by atoms with E-state index >= 15 is 0 Å². The van der Waals surface area contributed by atoms with Crippen molar-refractivity contribution in [1.29, 1.82) is 0 Å². The molecule has 2 aromatic carbocycles. The summed E-state index contributed by atoms with van der Waals surface area (Å²) in [6.45, 7) is 0. The van der Waals surface area contributed by atoms with E-state index in [4.69, 9.17) is 9.52 Å². The molecule has 1 aromatic heterocycles. The van der Waals surface area contributed by atoms with Crippen molar-refractivity contribution in [2.24, 2.45) is 0 Å². The average Bonchev–Trinajstić information content (AvgIpc) is 2.92. The molecule has 0 aliphatic rings. The van der Waals surface area contributed by atoms with E-state index in [1.165, 1.54) is 0 Å². The second kappa shape index (κ2) is 5.63. The first-order valence-electron chi connectivity index (χ1n) is 6.56. The van der Waals surface area contributed by atoms with Gasteiger partial charge in [0.25, 0.3) is 0 Å². The van der Waals surface area contributed by atoms with Crippen LogP contribution in [0.1, 0.15) is 5.89 Å². The predicted molar refractivity (Wildman–Crippen MR) is 78.7 cm³/mol. The van der Waals surface area contributed by atoms with Gasteiger partial charge in [-0.2, -0.15) is 0 Å². The van der Waals surface area contributed by atoms with Crippen molar-refractivity contribution in [2.75, 3.05) is 0 Å². The third kappa shape index (κ3) is 2.84. The molecule has 0 saturated carbocycles. The van der Waals surface area contributed by atoms with Gasteiger partial charge in [-0.25, -0.2) is 4.98 Å². The molecule has 0 bridgehead atoms. The molecule has 104 valence electrons. The van der Waals surface area contributed by atoms with E-state index in [0.717, 1.165) is 11.1 Å². The molecular formula is C17H13NO3. The maximum Gasteiger partial charge on any atom is 0.312 e. The molecular weight excluding hydrogens is 266 g/mol. The van der Waals surface area contributed by atoms with Gasteiger partial charge >= 0.3 is 5.97 Å². The van der Waals surface area contributed by atoms with E-state index < -0.39 is 5.97 Å². The lowest BCUT2D eigenvalue weighted by Crippen LogP contribution is -1.99. The maximum absolute atomic E-state index is 10.9. The van der Waals surface area contributed by atoms with Crippen LogP contribution < -0.4 is 0 Å². The van der Waals surface area contributed by atoms with Crippen molar-refractivity contribution < 1.29 is 14.3 Å². The molecule has 0 aliphatic heterocycles. The molecule has 4 nitrogen and oxygen atoms in total. The lowest BCUT2D eigenvalue weighted by molar-refractivity contribution is -0.136. The van der Waals surface area contributed by atoms with E-state index in [-0.39, 0.29) is 12.3 Å². The zero-order valence-electron chi connectivity index (χ0n) is 11.2. The van der Waals surface area contributed by atoms with Gasteiger partial charge in [0, 0.05) is 11.1 Å². The number of benzene rings is 2. The van der Waals surface area contributed by atoms with Crippen LogP contribution in [0.15, 0.2) is 65.1 Å². The van der Waals surface area contributed by atoms with E-state index in [0.29, 0.717) is 11.5 Å². The lowest BCUT2D eigenvalue weighted by Gasteiger charge is -2.00. The topological polar surface area (TPSA) is 63.3 Å². The van der Waals surface area contributed by atoms with Crippen molar-refractivity contribution in [1.82, 2.24) is 4.98 Å². The Labute approximate surface area is 121 Å². The largest absolute Gasteiger partial charge is 0.481 e. The molecule has 4 heteroatoms. The highest BCUT2D eigenvalue weighted by Gasteiger charge is 2.17. The molecule has 0 spiro atoms. The first-order valence-corrected chi connectivity index (χ1v) is 6.56. The number of hydrogen-bond donors (Lipinski definition) is 1. The normalized spacial score (nSPS) is 10.5. The molecule has 3 aromatic rings. The number of aliphatic carboxylic acids is 1. The van der Waals surface area contributed by atoms with Gasteiger partial charge in [-0.3, -0.25) is 4.79 Å². The van der Waals surface area contributed by atoms with Gasteiger partial charge in [0.15, 0.2) is 5.76 Å². The summed E-state index contributed by atoms with van der Waals surface area (Å²) in [7, 11) is 0. The monoisotopic (exact) mass is 279 g/mol. The molecule has 0 unspecified atom stereocenters. The Morgan fingerprint density at radius 3 is 2.10 bits per heavy atom. The molecule has 21 heavy (non-hydrogen) atoms. The summed E-state index contributed by atoms with van der Waals surface area (Å²) < 4.78 is 5.67. The van der Waals surface area contributed by atoms with Crippen LogP contribution in [0.5, 0.6) is 0 Å². The first-order chi connectivity index (χ1) is 10.2. The van der Waals surface area contributed by atoms with Crippen LogP contribution in [0.2, 0.25) is 0 Å². The number of carboxylic acid groups (broad SMARTS) is 1. The van der Waals surface area contributed by atoms with Gasteiger partial charge in [0.1, 0.15) is 12.1 Å². The van der Waals surface area contributed by atoms with Crippen LogP contribution in [0, 0.1) is 0 Å². The van der Waals surface area contributed by atoms with Crippen LogP contribution in [0.3, 0.4) is 0 Å². The summed E-state index contributed by atoms with van der Waals surface area (Å²) in [4.78, 5) is 15.2. The van der Waals surface area contributed by atoms with Gasteiger partial charge in [-0.05, 0) is 0 Å². The molecule has 1 N–H and O–H groups in total. The fraction of sp³-hybridized carbons (Fsp3) is 0.0588. The highest BCUT2D eigenvalue weighted by atomic mass is 16.4. The number of hydrogen-bond acceptors (Lipinski definition) is 3. The minimum Gasteiger partial charge on any atom is -0.481 e. The summed E-state index contributed by atoms with van der Waals surface area (Å²) in [6.07, 6.45) is -0.229. The lowest BCUT2D eigenvalue weighted by atomic mass is 10.1. The number of carboxylic acids is 1. The Bertz CT molecular complexity index is 691. The van der Waals surface area contributed by atoms with Gasteiger partial charge < -0.3 is 9.52 Å². The number of carbonyl (C=O) groups is 1. The zero-order valence-corrected chi connectivity index (χ0v) is 11.2. The quantitative estimate of drug-likeness (QED) is 0.792. The minimum atomic E-state index is -0.963. The summed E-state index contributed by atoms with van der Waals surface area (Å²) in [5.41, 5.74) is 2.44. The Morgan fingerprint density at radius 2 is 1.52 bits per heavy atom. The van der Waals surface area contributed by atoms with E-state index in [1.54, 1.807) is 0 Å². The van der Waals surface area contributed by atoms with Crippen LogP contribution in [0.4, 0.5) is 0 Å². The Balaban J connectivity index is 2.13. The molecule has 0 fully saturated rings. The second-order valence-corrected chi connectivity index (χ2v) is 4.59. The Kier molecular flexibility index (Phi) is 3.51. The predicted octanol–water partition coefficient (Wildman–Crippen LogP) is 3.64. The number of oxazole rings is 1. The molecule has 0 aliphatic carbocycles. The molecule has 3 rings (SSSR count). The molecule has 0 amide bonds. The molecule has 0 saturated heterocycles. The van der Waals surface area contributed by atoms with Crippen LogP contribution in [-0.2, 0) is 11.2 Å². The highest BCUT2D eigenvalue weighted by Crippen LogP contribution is 2.32. The van der Waals surface area contributed by atoms with Crippen molar-refractivity contribution in [3.8, 4) is 22.6 Å². The molecule has 0 radical (unpaired) electrons. The number of nitrogens with zero attached hydrogens (tertiary/aromatic N) is 1. The third-order valence-electron chi connectivity index (χ3n) is 3.06. The van der Waals surface area contributed by atoms with Crippen LogP contribution in [0.25, 0.3) is 22.6 Å².